The van der Waals surface area contributed by atoms with Crippen LogP contribution in [0.15, 0.2) is 89.8 Å². The van der Waals surface area contributed by atoms with Crippen LogP contribution >= 0.6 is 0 Å². The van der Waals surface area contributed by atoms with Gasteiger partial charge >= 0.3 is 0 Å². The Kier molecular flexibility index (Phi) is 7.24. The number of rotatable bonds is 7. The first kappa shape index (κ1) is 23.9. The van der Waals surface area contributed by atoms with Gasteiger partial charge in [-0.2, -0.15) is 4.31 Å². The number of nitrogens with zero attached hydrogens (tertiary/aromatic N) is 1. The van der Waals surface area contributed by atoms with Crippen LogP contribution in [0.3, 0.4) is 0 Å². The van der Waals surface area contributed by atoms with E-state index in [1.54, 1.807) is 12.1 Å². The molecule has 0 saturated carbocycles. The topological polar surface area (TPSA) is 83.6 Å². The number of nitrogens with one attached hydrogen (secondary N) is 1. The zero-order chi connectivity index (χ0) is 24.1. The molecule has 0 aromatic heterocycles. The first-order valence-corrected chi connectivity index (χ1v) is 12.8. The van der Waals surface area contributed by atoms with Crippen molar-refractivity contribution < 1.29 is 18.0 Å². The van der Waals surface area contributed by atoms with E-state index in [4.69, 9.17) is 0 Å². The highest BCUT2D eigenvalue weighted by Crippen LogP contribution is 2.27. The van der Waals surface area contributed by atoms with Crippen LogP contribution in [0.2, 0.25) is 0 Å². The maximum absolute atomic E-state index is 13.2. The standard InChI is InChI=1S/C27H28N2O4S/c1-20(30)24-13-8-14-25(19-24)34(32,33)29-17-15-23(16-18-29)27(31)28-26(21-9-4-2-5-10-21)22-11-6-3-7-12-22/h2-14,19,23,26H,15-18H2,1H3,(H,28,31). The third-order valence-corrected chi connectivity index (χ3v) is 8.15. The Morgan fingerprint density at radius 2 is 1.41 bits per heavy atom. The number of hydrogen-bond acceptors (Lipinski definition) is 4. The fourth-order valence-corrected chi connectivity index (χ4v) is 5.81. The van der Waals surface area contributed by atoms with Crippen LogP contribution in [0.4, 0.5) is 0 Å². The van der Waals surface area contributed by atoms with Crippen LogP contribution < -0.4 is 5.32 Å². The number of benzene rings is 3. The summed E-state index contributed by atoms with van der Waals surface area (Å²) in [5, 5.41) is 3.18. The van der Waals surface area contributed by atoms with Gasteiger partial charge in [-0.25, -0.2) is 8.42 Å². The molecule has 1 heterocycles. The summed E-state index contributed by atoms with van der Waals surface area (Å²) in [7, 11) is -3.73. The zero-order valence-corrected chi connectivity index (χ0v) is 19.9. The lowest BCUT2D eigenvalue weighted by Gasteiger charge is -2.31. The largest absolute Gasteiger partial charge is 0.345 e. The second-order valence-electron chi connectivity index (χ2n) is 8.53. The molecule has 3 aromatic rings. The first-order chi connectivity index (χ1) is 16.4. The number of piperidine rings is 1. The molecule has 1 N–H and O–H groups in total. The number of sulfonamides is 1. The number of amides is 1. The van der Waals surface area contributed by atoms with Gasteiger partial charge in [-0.1, -0.05) is 72.8 Å². The summed E-state index contributed by atoms with van der Waals surface area (Å²) >= 11 is 0. The van der Waals surface area contributed by atoms with E-state index < -0.39 is 10.0 Å². The van der Waals surface area contributed by atoms with E-state index in [0.29, 0.717) is 18.4 Å². The first-order valence-electron chi connectivity index (χ1n) is 11.4. The molecule has 1 saturated heterocycles. The monoisotopic (exact) mass is 476 g/mol. The lowest BCUT2D eigenvalue weighted by molar-refractivity contribution is -0.126. The van der Waals surface area contributed by atoms with Crippen molar-refractivity contribution in [3.8, 4) is 0 Å². The van der Waals surface area contributed by atoms with E-state index in [2.05, 4.69) is 5.32 Å². The van der Waals surface area contributed by atoms with Crippen molar-refractivity contribution in [2.24, 2.45) is 5.92 Å². The van der Waals surface area contributed by atoms with Gasteiger partial charge < -0.3 is 5.32 Å². The quantitative estimate of drug-likeness (QED) is 0.518. The van der Waals surface area contributed by atoms with Gasteiger partial charge in [-0.05, 0) is 43.0 Å². The normalized spacial score (nSPS) is 15.2. The lowest BCUT2D eigenvalue weighted by atomic mass is 9.94. The predicted octanol–water partition coefficient (Wildman–Crippen LogP) is 4.20. The number of carbonyl (C=O) groups is 2. The number of carbonyl (C=O) groups excluding carboxylic acids is 2. The van der Waals surface area contributed by atoms with Crippen molar-refractivity contribution in [1.82, 2.24) is 9.62 Å². The molecule has 1 aliphatic rings. The Morgan fingerprint density at radius 3 is 1.94 bits per heavy atom. The molecule has 1 fully saturated rings. The molecule has 3 aromatic carbocycles. The maximum atomic E-state index is 13.2. The van der Waals surface area contributed by atoms with Crippen LogP contribution in [-0.2, 0) is 14.8 Å². The van der Waals surface area contributed by atoms with Crippen LogP contribution in [-0.4, -0.2) is 37.5 Å². The molecule has 34 heavy (non-hydrogen) atoms. The number of ketones is 1. The molecule has 0 unspecified atom stereocenters. The van der Waals surface area contributed by atoms with E-state index in [9.17, 15) is 18.0 Å². The molecular formula is C27H28N2O4S. The molecule has 0 spiro atoms. The van der Waals surface area contributed by atoms with Gasteiger partial charge in [0, 0.05) is 24.6 Å². The fraction of sp³-hybridized carbons (Fsp3) is 0.259. The molecular weight excluding hydrogens is 448 g/mol. The van der Waals surface area contributed by atoms with E-state index >= 15 is 0 Å². The average Bonchev–Trinajstić information content (AvgIpc) is 2.88. The van der Waals surface area contributed by atoms with Crippen molar-refractivity contribution in [1.29, 1.82) is 0 Å². The minimum absolute atomic E-state index is 0.0756. The summed E-state index contributed by atoms with van der Waals surface area (Å²) in [4.78, 5) is 25.0. The number of Topliss-reactive ketones (excluding diaryl/α,β-unsaturated/α-hetero) is 1. The molecule has 4 rings (SSSR count). The van der Waals surface area contributed by atoms with Gasteiger partial charge in [-0.15, -0.1) is 0 Å². The Labute approximate surface area is 200 Å². The summed E-state index contributed by atoms with van der Waals surface area (Å²) in [6.45, 7) is 1.92. The van der Waals surface area contributed by atoms with E-state index in [0.717, 1.165) is 11.1 Å². The van der Waals surface area contributed by atoms with Crippen molar-refractivity contribution in [2.45, 2.75) is 30.7 Å². The van der Waals surface area contributed by atoms with Gasteiger partial charge in [-0.3, -0.25) is 9.59 Å². The van der Waals surface area contributed by atoms with Crippen LogP contribution in [0, 0.1) is 5.92 Å². The molecule has 0 radical (unpaired) electrons. The van der Waals surface area contributed by atoms with Crippen LogP contribution in [0.5, 0.6) is 0 Å². The van der Waals surface area contributed by atoms with Gasteiger partial charge in [0.15, 0.2) is 5.78 Å². The minimum atomic E-state index is -3.73. The summed E-state index contributed by atoms with van der Waals surface area (Å²) < 4.78 is 27.6. The van der Waals surface area contributed by atoms with Crippen molar-refractivity contribution in [3.63, 3.8) is 0 Å². The highest BCUT2D eigenvalue weighted by atomic mass is 32.2. The Hall–Kier alpha value is -3.29. The average molecular weight is 477 g/mol. The highest BCUT2D eigenvalue weighted by Gasteiger charge is 2.33. The maximum Gasteiger partial charge on any atom is 0.243 e. The van der Waals surface area contributed by atoms with Crippen molar-refractivity contribution >= 4 is 21.7 Å². The summed E-state index contributed by atoms with van der Waals surface area (Å²) in [5.74, 6) is -0.530. The second-order valence-corrected chi connectivity index (χ2v) is 10.5. The van der Waals surface area contributed by atoms with E-state index in [1.807, 2.05) is 60.7 Å². The summed E-state index contributed by atoms with van der Waals surface area (Å²) in [5.41, 5.74) is 2.35. The molecule has 1 aliphatic heterocycles. The van der Waals surface area contributed by atoms with Gasteiger partial charge in [0.1, 0.15) is 0 Å². The fourth-order valence-electron chi connectivity index (χ4n) is 4.29. The van der Waals surface area contributed by atoms with Gasteiger partial charge in [0.25, 0.3) is 0 Å². The molecule has 0 atom stereocenters. The molecule has 1 amide bonds. The van der Waals surface area contributed by atoms with Crippen LogP contribution in [0.25, 0.3) is 0 Å². The second kappa shape index (κ2) is 10.3. The molecule has 0 bridgehead atoms. The number of hydrogen-bond donors (Lipinski definition) is 1. The zero-order valence-electron chi connectivity index (χ0n) is 19.1. The minimum Gasteiger partial charge on any atom is -0.345 e. The van der Waals surface area contributed by atoms with Crippen LogP contribution in [0.1, 0.15) is 47.3 Å². The third-order valence-electron chi connectivity index (χ3n) is 6.26. The van der Waals surface area contributed by atoms with Crippen molar-refractivity contribution in [2.75, 3.05) is 13.1 Å². The summed E-state index contributed by atoms with van der Waals surface area (Å²) in [6.07, 6.45) is 0.877. The van der Waals surface area contributed by atoms with Crippen molar-refractivity contribution in [3.05, 3.63) is 102 Å². The van der Waals surface area contributed by atoms with Gasteiger partial charge in [0.2, 0.25) is 15.9 Å². The summed E-state index contributed by atoms with van der Waals surface area (Å²) in [6, 6.07) is 25.5. The smallest absolute Gasteiger partial charge is 0.243 e. The van der Waals surface area contributed by atoms with Gasteiger partial charge in [0.05, 0.1) is 10.9 Å². The Morgan fingerprint density at radius 1 is 0.853 bits per heavy atom. The lowest BCUT2D eigenvalue weighted by Crippen LogP contribution is -2.43. The predicted molar refractivity (Wildman–Crippen MR) is 131 cm³/mol. The molecule has 0 aliphatic carbocycles. The Balaban J connectivity index is 1.45. The molecule has 6 nitrogen and oxygen atoms in total. The SMILES string of the molecule is CC(=O)c1cccc(S(=O)(=O)N2CCC(C(=O)NC(c3ccccc3)c3ccccc3)CC2)c1. The molecule has 7 heteroatoms. The molecule has 176 valence electrons. The van der Waals surface area contributed by atoms with E-state index in [1.165, 1.54) is 23.4 Å². The highest BCUT2D eigenvalue weighted by molar-refractivity contribution is 7.89. The van der Waals surface area contributed by atoms with E-state index in [-0.39, 0.29) is 41.6 Å². The Bertz CT molecular complexity index is 1210. The third kappa shape index (κ3) is 5.26.